The first-order valence-electron chi connectivity index (χ1n) is 17.4. The Balaban J connectivity index is 1.35. The van der Waals surface area contributed by atoms with E-state index in [1.807, 2.05) is 26.8 Å². The molecule has 5 aliphatic rings. The van der Waals surface area contributed by atoms with E-state index in [4.69, 9.17) is 4.74 Å². The van der Waals surface area contributed by atoms with Crippen LogP contribution in [0, 0.1) is 56.2 Å². The number of hydrogen-bond acceptors (Lipinski definition) is 8. The molecule has 46 heavy (non-hydrogen) atoms. The number of rotatable bonds is 5. The van der Waals surface area contributed by atoms with Crippen molar-refractivity contribution in [2.45, 2.75) is 111 Å². The van der Waals surface area contributed by atoms with Crippen LogP contribution in [0.15, 0.2) is 24.3 Å². The van der Waals surface area contributed by atoms with Crippen LogP contribution in [0.25, 0.3) is 0 Å². The fourth-order valence-electron chi connectivity index (χ4n) is 12.3. The molecule has 13 atom stereocenters. The third-order valence-corrected chi connectivity index (χ3v) is 15.5. The number of esters is 1. The lowest BCUT2D eigenvalue weighted by atomic mass is 9.31. The molecule has 0 spiro atoms. The lowest BCUT2D eigenvalue weighted by molar-refractivity contribution is -0.269. The van der Waals surface area contributed by atoms with Gasteiger partial charge in [-0.05, 0) is 98.0 Å². The van der Waals surface area contributed by atoms with Crippen molar-refractivity contribution in [3.05, 3.63) is 29.8 Å². The summed E-state index contributed by atoms with van der Waals surface area (Å²) in [6.07, 6.45) is 3.50. The number of nitrogens with one attached hydrogen (secondary N) is 1. The molecular weight excluding hydrogens is 582 g/mol. The Morgan fingerprint density at radius 2 is 1.63 bits per heavy atom. The summed E-state index contributed by atoms with van der Waals surface area (Å²) in [6.45, 7) is 12.6. The third kappa shape index (κ3) is 4.31. The molecule has 1 aromatic rings. The number of carbonyl (C=O) groups is 3. The van der Waals surface area contributed by atoms with E-state index in [0.29, 0.717) is 43.4 Å². The van der Waals surface area contributed by atoms with Crippen LogP contribution in [0.2, 0.25) is 0 Å². The van der Waals surface area contributed by atoms with E-state index in [-0.39, 0.29) is 46.9 Å². The van der Waals surface area contributed by atoms with Gasteiger partial charge in [-0.3, -0.25) is 4.79 Å². The Hall–Kier alpha value is -2.29. The van der Waals surface area contributed by atoms with Crippen molar-refractivity contribution in [1.29, 1.82) is 0 Å². The molecule has 0 aromatic heterocycles. The van der Waals surface area contributed by atoms with E-state index in [1.54, 1.807) is 25.2 Å². The highest BCUT2D eigenvalue weighted by Crippen LogP contribution is 2.76. The molecular formula is C38H55NO7. The molecule has 0 unspecified atom stereocenters. The zero-order valence-electron chi connectivity index (χ0n) is 28.8. The molecule has 1 aromatic carbocycles. The molecule has 254 valence electrons. The Morgan fingerprint density at radius 1 is 0.935 bits per heavy atom. The number of Topliss-reactive ketones (excluding diaryl/α,β-unsaturated/α-hetero) is 1. The van der Waals surface area contributed by atoms with Gasteiger partial charge in [-0.2, -0.15) is 0 Å². The summed E-state index contributed by atoms with van der Waals surface area (Å²) in [5.41, 5.74) is -2.31. The average molecular weight is 638 g/mol. The van der Waals surface area contributed by atoms with Crippen molar-refractivity contribution < 1.29 is 34.4 Å². The number of anilines is 1. The van der Waals surface area contributed by atoms with Crippen LogP contribution < -0.4 is 5.32 Å². The Bertz CT molecular complexity index is 1410. The maximum absolute atomic E-state index is 14.7. The number of aliphatic hydroxyl groups is 3. The minimum Gasteiger partial charge on any atom is -0.458 e. The standard InChI is InChI=1S/C38H55NO7/c1-33(20-40)17-23-31-25(42)16-27-34(2)14-13-28(43)36(4,21-41)26(34)12-15-37(27,5)38(31,6)18-29(44)35(23,3)19-30(33)46-32(45)22-10-8-9-11-24(22)39-7/h8-11,20,23,26-31,39,41,43-44H,12-19,21H2,1-7H3/t23-,26+,27+,28-,29-,30-,31-,33-,34-,35-,36-,37+,38+/m0/s1. The topological polar surface area (TPSA) is 133 Å². The summed E-state index contributed by atoms with van der Waals surface area (Å²) < 4.78 is 6.15. The monoisotopic (exact) mass is 637 g/mol. The molecule has 0 saturated heterocycles. The molecule has 5 aliphatic carbocycles. The second kappa shape index (κ2) is 10.9. The predicted molar refractivity (Wildman–Crippen MR) is 175 cm³/mol. The molecule has 5 fully saturated rings. The first-order chi connectivity index (χ1) is 21.5. The Kier molecular flexibility index (Phi) is 7.93. The quantitative estimate of drug-likeness (QED) is 0.248. The fourth-order valence-corrected chi connectivity index (χ4v) is 12.3. The zero-order chi connectivity index (χ0) is 33.7. The SMILES string of the molecule is CNc1ccccc1C(=O)O[C@H]1C[C@]2(C)[C@@H](O)C[C@]3(C)[C@H](C(=O)C[C@@H]4[C@@]5(C)CC[C@H](O)[C@@](C)(CO)[C@@H]5CC[C@]43C)[C@@H]2C[C@@]1(C)C=O. The highest BCUT2D eigenvalue weighted by molar-refractivity contribution is 5.95. The Labute approximate surface area is 274 Å². The van der Waals surface area contributed by atoms with Crippen molar-refractivity contribution in [2.75, 3.05) is 19.0 Å². The normalized spacial score (nSPS) is 49.9. The van der Waals surface area contributed by atoms with E-state index in [0.717, 1.165) is 25.5 Å². The van der Waals surface area contributed by atoms with Gasteiger partial charge < -0.3 is 30.2 Å². The molecule has 0 amide bonds. The smallest absolute Gasteiger partial charge is 0.340 e. The van der Waals surface area contributed by atoms with Gasteiger partial charge in [0.05, 0.1) is 29.8 Å². The molecule has 0 bridgehead atoms. The van der Waals surface area contributed by atoms with Gasteiger partial charge in [0, 0.05) is 35.9 Å². The number of aldehydes is 1. The number of benzene rings is 1. The lowest BCUT2D eigenvalue weighted by Crippen LogP contribution is -2.72. The van der Waals surface area contributed by atoms with Crippen molar-refractivity contribution in [2.24, 2.45) is 56.2 Å². The minimum atomic E-state index is -1.02. The van der Waals surface area contributed by atoms with Gasteiger partial charge in [0.1, 0.15) is 18.2 Å². The number of ether oxygens (including phenoxy) is 1. The summed E-state index contributed by atoms with van der Waals surface area (Å²) in [5.74, 6) is -0.732. The molecule has 5 saturated carbocycles. The molecule has 8 heteroatoms. The van der Waals surface area contributed by atoms with Crippen LogP contribution in [-0.2, 0) is 14.3 Å². The second-order valence-electron chi connectivity index (χ2n) is 17.4. The van der Waals surface area contributed by atoms with E-state index < -0.39 is 45.9 Å². The van der Waals surface area contributed by atoms with E-state index >= 15 is 0 Å². The molecule has 8 nitrogen and oxygen atoms in total. The van der Waals surface area contributed by atoms with Crippen molar-refractivity contribution in [3.8, 4) is 0 Å². The Morgan fingerprint density at radius 3 is 2.28 bits per heavy atom. The van der Waals surface area contributed by atoms with Crippen LogP contribution in [-0.4, -0.2) is 65.3 Å². The van der Waals surface area contributed by atoms with Gasteiger partial charge in [-0.1, -0.05) is 46.8 Å². The van der Waals surface area contributed by atoms with Crippen LogP contribution in [0.1, 0.15) is 103 Å². The number of aliphatic hydroxyl groups excluding tert-OH is 3. The fraction of sp³-hybridized carbons (Fsp3) is 0.763. The van der Waals surface area contributed by atoms with Crippen molar-refractivity contribution in [1.82, 2.24) is 0 Å². The first-order valence-corrected chi connectivity index (χ1v) is 17.4. The largest absolute Gasteiger partial charge is 0.458 e. The van der Waals surface area contributed by atoms with Gasteiger partial charge in [-0.15, -0.1) is 0 Å². The molecule has 6 rings (SSSR count). The van der Waals surface area contributed by atoms with Crippen LogP contribution >= 0.6 is 0 Å². The number of fused-ring (bicyclic) bond motifs is 7. The zero-order valence-corrected chi connectivity index (χ0v) is 28.8. The first kappa shape index (κ1) is 33.6. The number of carbonyl (C=O) groups excluding carboxylic acids is 3. The second-order valence-corrected chi connectivity index (χ2v) is 17.4. The summed E-state index contributed by atoms with van der Waals surface area (Å²) in [4.78, 5) is 41.1. The third-order valence-electron chi connectivity index (χ3n) is 15.5. The van der Waals surface area contributed by atoms with Gasteiger partial charge in [-0.25, -0.2) is 4.79 Å². The number of para-hydroxylation sites is 1. The van der Waals surface area contributed by atoms with Gasteiger partial charge in [0.2, 0.25) is 0 Å². The summed E-state index contributed by atoms with van der Waals surface area (Å²) in [5, 5.41) is 36.8. The predicted octanol–water partition coefficient (Wildman–Crippen LogP) is 5.43. The summed E-state index contributed by atoms with van der Waals surface area (Å²) >= 11 is 0. The molecule has 0 aliphatic heterocycles. The van der Waals surface area contributed by atoms with E-state index in [9.17, 15) is 29.7 Å². The maximum atomic E-state index is 14.7. The summed E-state index contributed by atoms with van der Waals surface area (Å²) in [6, 6.07) is 7.11. The van der Waals surface area contributed by atoms with Crippen LogP contribution in [0.3, 0.4) is 0 Å². The average Bonchev–Trinajstić information content (AvgIpc) is 3.02. The van der Waals surface area contributed by atoms with Crippen molar-refractivity contribution >= 4 is 23.7 Å². The van der Waals surface area contributed by atoms with Gasteiger partial charge in [0.15, 0.2) is 0 Å². The van der Waals surface area contributed by atoms with E-state index in [2.05, 4.69) is 26.1 Å². The molecule has 4 N–H and O–H groups in total. The highest BCUT2D eigenvalue weighted by Gasteiger charge is 2.74. The minimum absolute atomic E-state index is 0.0597. The summed E-state index contributed by atoms with van der Waals surface area (Å²) in [7, 11) is 1.74. The van der Waals surface area contributed by atoms with Gasteiger partial charge >= 0.3 is 5.97 Å². The van der Waals surface area contributed by atoms with Crippen LogP contribution in [0.4, 0.5) is 5.69 Å². The maximum Gasteiger partial charge on any atom is 0.340 e. The number of ketones is 1. The molecule has 0 heterocycles. The van der Waals surface area contributed by atoms with E-state index in [1.165, 1.54) is 0 Å². The van der Waals surface area contributed by atoms with Crippen molar-refractivity contribution in [3.63, 3.8) is 0 Å². The van der Waals surface area contributed by atoms with Gasteiger partial charge in [0.25, 0.3) is 0 Å². The number of hydrogen-bond donors (Lipinski definition) is 4. The molecule has 0 radical (unpaired) electrons. The highest BCUT2D eigenvalue weighted by atomic mass is 16.5. The lowest BCUT2D eigenvalue weighted by Gasteiger charge is -2.73. The van der Waals surface area contributed by atoms with Crippen LogP contribution in [0.5, 0.6) is 0 Å².